The van der Waals surface area contributed by atoms with Crippen LogP contribution in [0.3, 0.4) is 0 Å². The van der Waals surface area contributed by atoms with Gasteiger partial charge in [-0.25, -0.2) is 0 Å². The number of aliphatic hydroxyl groups excluding tert-OH is 1. The fraction of sp³-hybridized carbons (Fsp3) is 0.560. The largest absolute Gasteiger partial charge is 0.391 e. The standard InChI is InChI=1S/C25H32Cl2N2O2/c1-16-20(25(31)28-22-9-5-6-10-24(22)30)14-23(19-12-11-18(26)13-21(19)27)29(16)15-17-7-3-2-4-8-17/h11-14,17,22,24,30H,2-10,15H2,1H3,(H,28,31). The Morgan fingerprint density at radius 2 is 1.77 bits per heavy atom. The second-order valence-corrected chi connectivity index (χ2v) is 10.0. The van der Waals surface area contributed by atoms with E-state index >= 15 is 0 Å². The molecule has 2 aliphatic carbocycles. The van der Waals surface area contributed by atoms with Gasteiger partial charge in [-0.05, 0) is 62.8 Å². The molecule has 2 fully saturated rings. The zero-order valence-electron chi connectivity index (χ0n) is 18.2. The second-order valence-electron chi connectivity index (χ2n) is 9.20. The molecule has 1 amide bonds. The number of nitrogens with zero attached hydrogens (tertiary/aromatic N) is 1. The first kappa shape index (κ1) is 22.7. The maximum absolute atomic E-state index is 13.2. The Hall–Kier alpha value is -1.49. The fourth-order valence-electron chi connectivity index (χ4n) is 5.18. The summed E-state index contributed by atoms with van der Waals surface area (Å²) in [5, 5.41) is 14.6. The maximum atomic E-state index is 13.2. The summed E-state index contributed by atoms with van der Waals surface area (Å²) >= 11 is 12.7. The summed E-state index contributed by atoms with van der Waals surface area (Å²) in [7, 11) is 0. The van der Waals surface area contributed by atoms with E-state index in [0.717, 1.165) is 49.2 Å². The number of aliphatic hydroxyl groups is 1. The first-order valence-electron chi connectivity index (χ1n) is 11.6. The van der Waals surface area contributed by atoms with Crippen LogP contribution in [0.25, 0.3) is 11.3 Å². The van der Waals surface area contributed by atoms with E-state index < -0.39 is 6.10 Å². The average molecular weight is 463 g/mol. The number of benzene rings is 1. The van der Waals surface area contributed by atoms with E-state index in [-0.39, 0.29) is 11.9 Å². The minimum absolute atomic E-state index is 0.114. The second kappa shape index (κ2) is 9.97. The number of hydrogen-bond donors (Lipinski definition) is 2. The first-order valence-corrected chi connectivity index (χ1v) is 12.3. The zero-order valence-corrected chi connectivity index (χ0v) is 19.7. The number of nitrogens with one attached hydrogen (secondary N) is 1. The number of hydrogen-bond acceptors (Lipinski definition) is 2. The van der Waals surface area contributed by atoms with Crippen molar-refractivity contribution in [1.82, 2.24) is 9.88 Å². The van der Waals surface area contributed by atoms with Gasteiger partial charge in [0.05, 0.1) is 28.4 Å². The predicted molar refractivity (Wildman–Crippen MR) is 127 cm³/mol. The summed E-state index contributed by atoms with van der Waals surface area (Å²) in [4.78, 5) is 13.2. The summed E-state index contributed by atoms with van der Waals surface area (Å²) in [5.41, 5.74) is 3.46. The topological polar surface area (TPSA) is 54.3 Å². The van der Waals surface area contributed by atoms with E-state index in [9.17, 15) is 9.90 Å². The van der Waals surface area contributed by atoms with Crippen LogP contribution in [0.4, 0.5) is 0 Å². The van der Waals surface area contributed by atoms with E-state index in [2.05, 4.69) is 9.88 Å². The van der Waals surface area contributed by atoms with Gasteiger partial charge < -0.3 is 15.0 Å². The molecule has 2 N–H and O–H groups in total. The highest BCUT2D eigenvalue weighted by Gasteiger charge is 2.28. The average Bonchev–Trinajstić information content (AvgIpc) is 3.07. The predicted octanol–water partition coefficient (Wildman–Crippen LogP) is 6.38. The summed E-state index contributed by atoms with van der Waals surface area (Å²) in [5.74, 6) is 0.498. The van der Waals surface area contributed by atoms with Gasteiger partial charge in [0.25, 0.3) is 5.91 Å². The Balaban J connectivity index is 1.67. The lowest BCUT2D eigenvalue weighted by molar-refractivity contribution is 0.0716. The molecule has 0 saturated heterocycles. The third kappa shape index (κ3) is 5.13. The first-order chi connectivity index (χ1) is 14.9. The normalized spacial score (nSPS) is 22.5. The molecule has 0 spiro atoms. The molecule has 1 aromatic heterocycles. The summed E-state index contributed by atoms with van der Waals surface area (Å²) in [6, 6.07) is 7.31. The van der Waals surface area contributed by atoms with Crippen LogP contribution in [0.1, 0.15) is 73.8 Å². The monoisotopic (exact) mass is 462 g/mol. The van der Waals surface area contributed by atoms with Crippen LogP contribution in [-0.2, 0) is 6.54 Å². The maximum Gasteiger partial charge on any atom is 0.253 e. The van der Waals surface area contributed by atoms with E-state index in [1.807, 2.05) is 25.1 Å². The molecule has 6 heteroatoms. The van der Waals surface area contributed by atoms with Crippen molar-refractivity contribution in [2.24, 2.45) is 5.92 Å². The number of halogens is 2. The Bertz CT molecular complexity index is 934. The van der Waals surface area contributed by atoms with Gasteiger partial charge in [-0.1, -0.05) is 55.3 Å². The molecule has 4 nitrogen and oxygen atoms in total. The van der Waals surface area contributed by atoms with Crippen LogP contribution in [0.2, 0.25) is 10.0 Å². The van der Waals surface area contributed by atoms with Crippen molar-refractivity contribution >= 4 is 29.1 Å². The summed E-state index contributed by atoms with van der Waals surface area (Å²) in [6.45, 7) is 2.90. The Morgan fingerprint density at radius 3 is 2.48 bits per heavy atom. The van der Waals surface area contributed by atoms with Gasteiger partial charge in [-0.2, -0.15) is 0 Å². The van der Waals surface area contributed by atoms with Crippen LogP contribution in [0, 0.1) is 12.8 Å². The van der Waals surface area contributed by atoms with Gasteiger partial charge in [0.15, 0.2) is 0 Å². The molecule has 0 bridgehead atoms. The minimum Gasteiger partial charge on any atom is -0.391 e. The van der Waals surface area contributed by atoms with E-state index in [1.54, 1.807) is 6.07 Å². The van der Waals surface area contributed by atoms with Gasteiger partial charge in [-0.3, -0.25) is 4.79 Å². The van der Waals surface area contributed by atoms with E-state index in [0.29, 0.717) is 21.5 Å². The van der Waals surface area contributed by atoms with Gasteiger partial charge in [0.2, 0.25) is 0 Å². The van der Waals surface area contributed by atoms with Crippen molar-refractivity contribution in [2.45, 2.75) is 83.4 Å². The smallest absolute Gasteiger partial charge is 0.253 e. The number of carbonyl (C=O) groups excluding carboxylic acids is 1. The highest BCUT2D eigenvalue weighted by molar-refractivity contribution is 6.36. The Labute approximate surface area is 194 Å². The molecule has 2 saturated carbocycles. The lowest BCUT2D eigenvalue weighted by Gasteiger charge is -2.28. The van der Waals surface area contributed by atoms with Gasteiger partial charge in [0, 0.05) is 22.8 Å². The molecule has 4 rings (SSSR count). The molecule has 2 aromatic rings. The molecule has 31 heavy (non-hydrogen) atoms. The van der Waals surface area contributed by atoms with Gasteiger partial charge in [0.1, 0.15) is 0 Å². The Morgan fingerprint density at radius 1 is 1.06 bits per heavy atom. The lowest BCUT2D eigenvalue weighted by Crippen LogP contribution is -2.45. The zero-order chi connectivity index (χ0) is 22.0. The molecular formula is C25H32Cl2N2O2. The third-order valence-electron chi connectivity index (χ3n) is 7.03. The van der Waals surface area contributed by atoms with Gasteiger partial charge in [-0.15, -0.1) is 0 Å². The minimum atomic E-state index is -0.465. The van der Waals surface area contributed by atoms with Crippen LogP contribution in [0.5, 0.6) is 0 Å². The molecule has 0 radical (unpaired) electrons. The highest BCUT2D eigenvalue weighted by Crippen LogP contribution is 2.35. The number of carbonyl (C=O) groups is 1. The van der Waals surface area contributed by atoms with Crippen molar-refractivity contribution in [3.8, 4) is 11.3 Å². The van der Waals surface area contributed by atoms with Crippen LogP contribution >= 0.6 is 23.2 Å². The van der Waals surface area contributed by atoms with Crippen molar-refractivity contribution in [1.29, 1.82) is 0 Å². The highest BCUT2D eigenvalue weighted by atomic mass is 35.5. The third-order valence-corrected chi connectivity index (χ3v) is 7.58. The Kier molecular flexibility index (Phi) is 7.30. The molecule has 1 heterocycles. The van der Waals surface area contributed by atoms with Gasteiger partial charge >= 0.3 is 0 Å². The number of rotatable bonds is 5. The van der Waals surface area contributed by atoms with E-state index in [4.69, 9.17) is 23.2 Å². The molecule has 2 atom stereocenters. The SMILES string of the molecule is Cc1c(C(=O)NC2CCCCC2O)cc(-c2ccc(Cl)cc2Cl)n1CC1CCCCC1. The lowest BCUT2D eigenvalue weighted by atomic mass is 9.89. The van der Waals surface area contributed by atoms with Crippen molar-refractivity contribution < 1.29 is 9.90 Å². The molecule has 168 valence electrons. The van der Waals surface area contributed by atoms with Crippen LogP contribution in [0.15, 0.2) is 24.3 Å². The quantitative estimate of drug-likeness (QED) is 0.540. The summed E-state index contributed by atoms with van der Waals surface area (Å²) in [6.07, 6.45) is 9.47. The number of amides is 1. The molecule has 1 aromatic carbocycles. The van der Waals surface area contributed by atoms with Crippen LogP contribution in [-0.4, -0.2) is 27.7 Å². The summed E-state index contributed by atoms with van der Waals surface area (Å²) < 4.78 is 2.26. The molecule has 2 unspecified atom stereocenters. The van der Waals surface area contributed by atoms with Crippen LogP contribution < -0.4 is 5.32 Å². The van der Waals surface area contributed by atoms with Crippen molar-refractivity contribution in [3.05, 3.63) is 45.6 Å². The number of aromatic nitrogens is 1. The van der Waals surface area contributed by atoms with E-state index in [1.165, 1.54) is 32.1 Å². The molecular weight excluding hydrogens is 431 g/mol. The fourth-order valence-corrected chi connectivity index (χ4v) is 5.69. The molecule has 2 aliphatic rings. The van der Waals surface area contributed by atoms with Crippen molar-refractivity contribution in [2.75, 3.05) is 0 Å². The molecule has 0 aliphatic heterocycles. The van der Waals surface area contributed by atoms with Crippen molar-refractivity contribution in [3.63, 3.8) is 0 Å².